The Morgan fingerprint density at radius 2 is 1.43 bits per heavy atom. The highest BCUT2D eigenvalue weighted by Crippen LogP contribution is 2.28. The van der Waals surface area contributed by atoms with Crippen molar-refractivity contribution < 1.29 is 5.11 Å². The van der Waals surface area contributed by atoms with Gasteiger partial charge < -0.3 is 15.0 Å². The van der Waals surface area contributed by atoms with E-state index in [-0.39, 0.29) is 0 Å². The quantitative estimate of drug-likeness (QED) is 0.694. The highest BCUT2D eigenvalue weighted by atomic mass is 16.3. The summed E-state index contributed by atoms with van der Waals surface area (Å²) in [5.41, 5.74) is 2.38. The van der Waals surface area contributed by atoms with Crippen LogP contribution in [0.15, 0.2) is 48.5 Å². The molecule has 1 atom stereocenters. The minimum atomic E-state index is -0.394. The third-order valence-corrected chi connectivity index (χ3v) is 4.70. The molecular weight excluding hydrogens is 284 g/mol. The van der Waals surface area contributed by atoms with Crippen LogP contribution in [0.5, 0.6) is 0 Å². The minimum Gasteiger partial charge on any atom is -0.390 e. The molecule has 0 bridgehead atoms. The second-order valence-electron chi connectivity index (χ2n) is 6.22. The second-order valence-corrected chi connectivity index (χ2v) is 6.22. The number of hydrogen-bond donors (Lipinski definition) is 2. The van der Waals surface area contributed by atoms with Gasteiger partial charge >= 0.3 is 0 Å². The van der Waals surface area contributed by atoms with Crippen molar-refractivity contribution in [3.63, 3.8) is 0 Å². The Kier molecular flexibility index (Phi) is 4.99. The first-order valence-electron chi connectivity index (χ1n) is 8.62. The number of benzene rings is 2. The van der Waals surface area contributed by atoms with E-state index in [4.69, 9.17) is 0 Å². The highest BCUT2D eigenvalue weighted by Gasteiger charge is 2.14. The molecule has 0 saturated heterocycles. The summed E-state index contributed by atoms with van der Waals surface area (Å²) in [4.78, 5) is 0. The number of rotatable bonds is 7. The summed E-state index contributed by atoms with van der Waals surface area (Å²) >= 11 is 0. The van der Waals surface area contributed by atoms with Gasteiger partial charge in [0.1, 0.15) is 0 Å². The van der Waals surface area contributed by atoms with Crippen molar-refractivity contribution in [2.45, 2.75) is 45.4 Å². The van der Waals surface area contributed by atoms with E-state index in [2.05, 4.69) is 72.3 Å². The molecule has 3 nitrogen and oxygen atoms in total. The molecular formula is C20H26N2O. The summed E-state index contributed by atoms with van der Waals surface area (Å²) in [6, 6.07) is 17.3. The maximum atomic E-state index is 10.5. The van der Waals surface area contributed by atoms with Crippen molar-refractivity contribution in [2.75, 3.05) is 6.54 Å². The van der Waals surface area contributed by atoms with Crippen molar-refractivity contribution in [2.24, 2.45) is 0 Å². The summed E-state index contributed by atoms with van der Waals surface area (Å²) in [5.74, 6) is 0. The fourth-order valence-electron chi connectivity index (χ4n) is 3.36. The van der Waals surface area contributed by atoms with Gasteiger partial charge in [0.2, 0.25) is 0 Å². The maximum absolute atomic E-state index is 10.5. The van der Waals surface area contributed by atoms with Gasteiger partial charge in [-0.15, -0.1) is 0 Å². The van der Waals surface area contributed by atoms with Crippen LogP contribution in [0.4, 0.5) is 0 Å². The van der Waals surface area contributed by atoms with Crippen molar-refractivity contribution in [3.05, 3.63) is 48.5 Å². The van der Waals surface area contributed by atoms with Gasteiger partial charge in [-0.05, 0) is 25.0 Å². The lowest BCUT2D eigenvalue weighted by Gasteiger charge is -2.19. The number of nitrogens with zero attached hydrogens (tertiary/aromatic N) is 1. The van der Waals surface area contributed by atoms with Gasteiger partial charge in [0.15, 0.2) is 0 Å². The average molecular weight is 310 g/mol. The molecule has 0 saturated carbocycles. The van der Waals surface area contributed by atoms with Crippen LogP contribution < -0.4 is 5.32 Å². The largest absolute Gasteiger partial charge is 0.390 e. The Hall–Kier alpha value is -1.84. The molecule has 0 aliphatic rings. The number of hydrogen-bond acceptors (Lipinski definition) is 2. The molecule has 1 unspecified atom stereocenters. The monoisotopic (exact) mass is 310 g/mol. The van der Waals surface area contributed by atoms with Crippen LogP contribution in [0.1, 0.15) is 26.7 Å². The van der Waals surface area contributed by atoms with Crippen LogP contribution in [0, 0.1) is 0 Å². The van der Waals surface area contributed by atoms with E-state index in [1.807, 2.05) is 0 Å². The topological polar surface area (TPSA) is 37.2 Å². The van der Waals surface area contributed by atoms with Crippen LogP contribution in [0.2, 0.25) is 0 Å². The lowest BCUT2D eigenvalue weighted by atomic mass is 10.1. The van der Waals surface area contributed by atoms with Crippen molar-refractivity contribution >= 4 is 21.8 Å². The third-order valence-electron chi connectivity index (χ3n) is 4.70. The summed E-state index contributed by atoms with van der Waals surface area (Å²) in [7, 11) is 0. The predicted molar refractivity (Wildman–Crippen MR) is 97.8 cm³/mol. The van der Waals surface area contributed by atoms with Gasteiger partial charge in [0, 0.05) is 34.4 Å². The van der Waals surface area contributed by atoms with E-state index >= 15 is 0 Å². The number of para-hydroxylation sites is 2. The Balaban J connectivity index is 1.86. The normalized spacial score (nSPS) is 13.2. The smallest absolute Gasteiger partial charge is 0.0843 e. The molecule has 122 valence electrons. The van der Waals surface area contributed by atoms with Crippen molar-refractivity contribution in [1.29, 1.82) is 0 Å². The third kappa shape index (κ3) is 3.26. The first kappa shape index (κ1) is 16.0. The average Bonchev–Trinajstić information content (AvgIpc) is 2.90. The van der Waals surface area contributed by atoms with Crippen molar-refractivity contribution in [3.8, 4) is 0 Å². The molecule has 2 aromatic carbocycles. The molecule has 0 fully saturated rings. The van der Waals surface area contributed by atoms with Crippen LogP contribution in [0.25, 0.3) is 21.8 Å². The van der Waals surface area contributed by atoms with Crippen LogP contribution in [-0.2, 0) is 6.54 Å². The SMILES string of the molecule is CCC(CC)NCC(O)Cn1c2ccccc2c2ccccc21. The number of nitrogens with one attached hydrogen (secondary N) is 1. The maximum Gasteiger partial charge on any atom is 0.0843 e. The molecule has 3 heteroatoms. The molecule has 23 heavy (non-hydrogen) atoms. The van der Waals surface area contributed by atoms with E-state index in [0.29, 0.717) is 19.1 Å². The summed E-state index contributed by atoms with van der Waals surface area (Å²) in [5, 5.41) is 16.5. The van der Waals surface area contributed by atoms with Gasteiger partial charge in [-0.2, -0.15) is 0 Å². The van der Waals surface area contributed by atoms with E-state index < -0.39 is 6.10 Å². The van der Waals surface area contributed by atoms with Crippen molar-refractivity contribution in [1.82, 2.24) is 9.88 Å². The molecule has 2 N–H and O–H groups in total. The van der Waals surface area contributed by atoms with E-state index in [1.54, 1.807) is 0 Å². The Morgan fingerprint density at radius 3 is 1.96 bits per heavy atom. The molecule has 0 radical (unpaired) electrons. The first-order valence-corrected chi connectivity index (χ1v) is 8.62. The molecule has 3 rings (SSSR count). The zero-order valence-electron chi connectivity index (χ0n) is 14.0. The number of aromatic nitrogens is 1. The van der Waals surface area contributed by atoms with Crippen LogP contribution in [-0.4, -0.2) is 28.4 Å². The van der Waals surface area contributed by atoms with E-state index in [1.165, 1.54) is 21.8 Å². The van der Waals surface area contributed by atoms with Crippen LogP contribution >= 0.6 is 0 Å². The Bertz CT molecular complexity index is 720. The zero-order valence-corrected chi connectivity index (χ0v) is 14.0. The number of aliphatic hydroxyl groups excluding tert-OH is 1. The molecule has 1 aromatic heterocycles. The van der Waals surface area contributed by atoms with E-state index in [9.17, 15) is 5.11 Å². The summed E-state index contributed by atoms with van der Waals surface area (Å²) in [6.45, 7) is 5.61. The standard InChI is InChI=1S/C20H26N2O/c1-3-15(4-2)21-13-16(23)14-22-19-11-7-5-9-17(19)18-10-6-8-12-20(18)22/h5-12,15-16,21,23H,3-4,13-14H2,1-2H3. The minimum absolute atomic E-state index is 0.394. The number of aliphatic hydroxyl groups is 1. The summed E-state index contributed by atoms with van der Waals surface area (Å²) < 4.78 is 2.24. The fraction of sp³-hybridized carbons (Fsp3) is 0.400. The molecule has 0 spiro atoms. The highest BCUT2D eigenvalue weighted by molar-refractivity contribution is 6.07. The molecule has 3 aromatic rings. The zero-order chi connectivity index (χ0) is 16.2. The van der Waals surface area contributed by atoms with Crippen LogP contribution in [0.3, 0.4) is 0 Å². The van der Waals surface area contributed by atoms with Gasteiger partial charge in [-0.3, -0.25) is 0 Å². The lowest BCUT2D eigenvalue weighted by molar-refractivity contribution is 0.149. The first-order chi connectivity index (χ1) is 11.2. The molecule has 0 aliphatic heterocycles. The van der Waals surface area contributed by atoms with Gasteiger partial charge in [0.25, 0.3) is 0 Å². The fourth-order valence-corrected chi connectivity index (χ4v) is 3.36. The van der Waals surface area contributed by atoms with Gasteiger partial charge in [-0.1, -0.05) is 50.2 Å². The molecule has 0 aliphatic carbocycles. The summed E-state index contributed by atoms with van der Waals surface area (Å²) in [6.07, 6.45) is 1.80. The predicted octanol–water partition coefficient (Wildman–Crippen LogP) is 3.93. The molecule has 0 amide bonds. The Labute approximate surface area is 137 Å². The van der Waals surface area contributed by atoms with Gasteiger partial charge in [0.05, 0.1) is 12.6 Å². The Morgan fingerprint density at radius 1 is 0.913 bits per heavy atom. The van der Waals surface area contributed by atoms with Gasteiger partial charge in [-0.25, -0.2) is 0 Å². The lowest BCUT2D eigenvalue weighted by Crippen LogP contribution is -2.36. The number of fused-ring (bicyclic) bond motifs is 3. The second kappa shape index (κ2) is 7.16. The van der Waals surface area contributed by atoms with E-state index in [0.717, 1.165) is 12.8 Å². The molecule has 1 heterocycles.